The Bertz CT molecular complexity index is 746. The lowest BCUT2D eigenvalue weighted by molar-refractivity contribution is 0.355. The van der Waals surface area contributed by atoms with Crippen LogP contribution in [0.5, 0.6) is 11.5 Å². The molecule has 0 aliphatic rings. The lowest BCUT2D eigenvalue weighted by Crippen LogP contribution is -2.21. The van der Waals surface area contributed by atoms with E-state index in [0.29, 0.717) is 28.4 Å². The number of para-hydroxylation sites is 1. The van der Waals surface area contributed by atoms with Gasteiger partial charge in [0, 0.05) is 17.4 Å². The SMILES string of the molecule is COc1ccc(NC(=S)Nc2c(C(C)C)cccc2C(C)C)cc1OC. The van der Waals surface area contributed by atoms with Crippen molar-refractivity contribution in [1.82, 2.24) is 0 Å². The molecule has 0 bridgehead atoms. The maximum atomic E-state index is 5.56. The summed E-state index contributed by atoms with van der Waals surface area (Å²) in [7, 11) is 3.24. The van der Waals surface area contributed by atoms with Crippen molar-refractivity contribution in [2.45, 2.75) is 39.5 Å². The summed E-state index contributed by atoms with van der Waals surface area (Å²) in [6.07, 6.45) is 0. The largest absolute Gasteiger partial charge is 0.493 e. The van der Waals surface area contributed by atoms with Gasteiger partial charge in [-0.1, -0.05) is 45.9 Å². The zero-order chi connectivity index (χ0) is 19.3. The molecule has 26 heavy (non-hydrogen) atoms. The van der Waals surface area contributed by atoms with Gasteiger partial charge in [-0.3, -0.25) is 0 Å². The van der Waals surface area contributed by atoms with E-state index in [1.54, 1.807) is 14.2 Å². The van der Waals surface area contributed by atoms with Crippen LogP contribution >= 0.6 is 12.2 Å². The van der Waals surface area contributed by atoms with Gasteiger partial charge in [0.25, 0.3) is 0 Å². The fraction of sp³-hybridized carbons (Fsp3) is 0.381. The maximum Gasteiger partial charge on any atom is 0.175 e. The van der Waals surface area contributed by atoms with Crippen LogP contribution in [0.25, 0.3) is 0 Å². The Hall–Kier alpha value is -2.27. The van der Waals surface area contributed by atoms with Crippen molar-refractivity contribution >= 4 is 28.7 Å². The van der Waals surface area contributed by atoms with Crippen LogP contribution in [0.1, 0.15) is 50.7 Å². The molecule has 0 radical (unpaired) electrons. The minimum Gasteiger partial charge on any atom is -0.493 e. The number of anilines is 2. The predicted octanol–water partition coefficient (Wildman–Crippen LogP) is 5.76. The minimum absolute atomic E-state index is 0.403. The number of thiocarbonyl (C=S) groups is 1. The first-order valence-corrected chi connectivity index (χ1v) is 9.21. The van der Waals surface area contributed by atoms with Crippen LogP contribution in [0, 0.1) is 0 Å². The van der Waals surface area contributed by atoms with Crippen molar-refractivity contribution in [3.05, 3.63) is 47.5 Å². The van der Waals surface area contributed by atoms with Gasteiger partial charge in [-0.05, 0) is 47.3 Å². The van der Waals surface area contributed by atoms with E-state index in [-0.39, 0.29) is 0 Å². The maximum absolute atomic E-state index is 5.56. The highest BCUT2D eigenvalue weighted by atomic mass is 32.1. The molecule has 0 aliphatic carbocycles. The summed E-state index contributed by atoms with van der Waals surface area (Å²) in [5, 5.41) is 7.19. The van der Waals surface area contributed by atoms with Crippen LogP contribution in [0.3, 0.4) is 0 Å². The third-order valence-electron chi connectivity index (χ3n) is 4.25. The van der Waals surface area contributed by atoms with Crippen LogP contribution < -0.4 is 20.1 Å². The van der Waals surface area contributed by atoms with Crippen molar-refractivity contribution in [3.8, 4) is 11.5 Å². The zero-order valence-electron chi connectivity index (χ0n) is 16.3. The summed E-state index contributed by atoms with van der Waals surface area (Å²) in [6, 6.07) is 12.0. The number of hydrogen-bond donors (Lipinski definition) is 2. The van der Waals surface area contributed by atoms with Crippen LogP contribution in [-0.4, -0.2) is 19.3 Å². The molecule has 0 saturated carbocycles. The second-order valence-corrected chi connectivity index (χ2v) is 7.18. The zero-order valence-corrected chi connectivity index (χ0v) is 17.2. The summed E-state index contributed by atoms with van der Waals surface area (Å²) in [5.74, 6) is 2.15. The van der Waals surface area contributed by atoms with Gasteiger partial charge in [-0.2, -0.15) is 0 Å². The smallest absolute Gasteiger partial charge is 0.175 e. The molecule has 0 heterocycles. The lowest BCUT2D eigenvalue weighted by atomic mass is 9.93. The average Bonchev–Trinajstić information content (AvgIpc) is 2.61. The van der Waals surface area contributed by atoms with Gasteiger partial charge in [0.15, 0.2) is 16.6 Å². The summed E-state index contributed by atoms with van der Waals surface area (Å²) >= 11 is 5.56. The highest BCUT2D eigenvalue weighted by molar-refractivity contribution is 7.80. The number of benzene rings is 2. The van der Waals surface area contributed by atoms with Gasteiger partial charge in [0.1, 0.15) is 0 Å². The fourth-order valence-electron chi connectivity index (χ4n) is 2.89. The third kappa shape index (κ3) is 4.67. The van der Waals surface area contributed by atoms with E-state index >= 15 is 0 Å². The molecule has 2 aromatic rings. The standard InChI is InChI=1S/C21H28N2O2S/c1-13(2)16-8-7-9-17(14(3)4)20(16)23-21(26)22-15-10-11-18(24-5)19(12-15)25-6/h7-14H,1-6H3,(H2,22,23,26). The minimum atomic E-state index is 0.403. The molecule has 5 heteroatoms. The Labute approximate surface area is 161 Å². The first kappa shape index (κ1) is 20.0. The molecule has 4 nitrogen and oxygen atoms in total. The number of hydrogen-bond acceptors (Lipinski definition) is 3. The predicted molar refractivity (Wildman–Crippen MR) is 114 cm³/mol. The number of ether oxygens (including phenoxy) is 2. The molecule has 0 fully saturated rings. The summed E-state index contributed by atoms with van der Waals surface area (Å²) in [5.41, 5.74) is 4.45. The van der Waals surface area contributed by atoms with Crippen molar-refractivity contribution < 1.29 is 9.47 Å². The van der Waals surface area contributed by atoms with Crippen molar-refractivity contribution in [2.75, 3.05) is 24.9 Å². The Kier molecular flexibility index (Phi) is 6.86. The van der Waals surface area contributed by atoms with Crippen LogP contribution in [-0.2, 0) is 0 Å². The van der Waals surface area contributed by atoms with Crippen LogP contribution in [0.4, 0.5) is 11.4 Å². The summed E-state index contributed by atoms with van der Waals surface area (Å²) in [6.45, 7) is 8.76. The molecule has 0 aliphatic heterocycles. The van der Waals surface area contributed by atoms with Crippen molar-refractivity contribution in [3.63, 3.8) is 0 Å². The Balaban J connectivity index is 2.25. The molecular weight excluding hydrogens is 344 g/mol. The van der Waals surface area contributed by atoms with Gasteiger partial charge in [0.05, 0.1) is 14.2 Å². The second-order valence-electron chi connectivity index (χ2n) is 6.77. The fourth-order valence-corrected chi connectivity index (χ4v) is 3.11. The summed E-state index contributed by atoms with van der Waals surface area (Å²) in [4.78, 5) is 0. The molecule has 140 valence electrons. The van der Waals surface area contributed by atoms with E-state index in [0.717, 1.165) is 11.4 Å². The van der Waals surface area contributed by atoms with Gasteiger partial charge >= 0.3 is 0 Å². The van der Waals surface area contributed by atoms with Crippen molar-refractivity contribution in [1.29, 1.82) is 0 Å². The number of methoxy groups -OCH3 is 2. The molecule has 0 aromatic heterocycles. The van der Waals surface area contributed by atoms with Gasteiger partial charge < -0.3 is 20.1 Å². The molecule has 0 saturated heterocycles. The molecule has 2 N–H and O–H groups in total. The average molecular weight is 373 g/mol. The van der Waals surface area contributed by atoms with Crippen molar-refractivity contribution in [2.24, 2.45) is 0 Å². The number of nitrogens with one attached hydrogen (secondary N) is 2. The highest BCUT2D eigenvalue weighted by Gasteiger charge is 2.15. The highest BCUT2D eigenvalue weighted by Crippen LogP contribution is 2.33. The van der Waals surface area contributed by atoms with Gasteiger partial charge in [-0.25, -0.2) is 0 Å². The van der Waals surface area contributed by atoms with E-state index < -0.39 is 0 Å². The molecule has 0 spiro atoms. The molecule has 0 atom stereocenters. The van der Waals surface area contributed by atoms with Gasteiger partial charge in [-0.15, -0.1) is 0 Å². The van der Waals surface area contributed by atoms with E-state index in [9.17, 15) is 0 Å². The van der Waals surface area contributed by atoms with Gasteiger partial charge in [0.2, 0.25) is 0 Å². The molecule has 2 aromatic carbocycles. The number of rotatable bonds is 6. The second kappa shape index (κ2) is 8.90. The first-order valence-electron chi connectivity index (χ1n) is 8.80. The Morgan fingerprint density at radius 2 is 1.42 bits per heavy atom. The third-order valence-corrected chi connectivity index (χ3v) is 4.46. The molecule has 0 amide bonds. The molecule has 0 unspecified atom stereocenters. The normalized spacial score (nSPS) is 10.8. The first-order chi connectivity index (χ1) is 12.4. The molecular formula is C21H28N2O2S. The van der Waals surface area contributed by atoms with E-state index in [1.165, 1.54) is 11.1 Å². The Morgan fingerprint density at radius 3 is 1.92 bits per heavy atom. The van der Waals surface area contributed by atoms with E-state index in [2.05, 4.69) is 56.5 Å². The van der Waals surface area contributed by atoms with Crippen LogP contribution in [0.2, 0.25) is 0 Å². The van der Waals surface area contributed by atoms with E-state index in [1.807, 2.05) is 18.2 Å². The quantitative estimate of drug-likeness (QED) is 0.631. The lowest BCUT2D eigenvalue weighted by Gasteiger charge is -2.21. The van der Waals surface area contributed by atoms with E-state index in [4.69, 9.17) is 21.7 Å². The van der Waals surface area contributed by atoms with Crippen LogP contribution in [0.15, 0.2) is 36.4 Å². The monoisotopic (exact) mass is 372 g/mol. The summed E-state index contributed by atoms with van der Waals surface area (Å²) < 4.78 is 10.6. The topological polar surface area (TPSA) is 42.5 Å². The Morgan fingerprint density at radius 1 is 0.846 bits per heavy atom. The molecule has 2 rings (SSSR count).